The van der Waals surface area contributed by atoms with Crippen molar-refractivity contribution >= 4 is 11.6 Å². The standard InChI is InChI=1S/C15H14N2O/c16-15(18)12-6-3-5-10(8-12)14-9-11-4-1-2-7-13(11)17-14/h1-8,14,17H,9H2,(H2,16,18)/t14-/m0/s1. The highest BCUT2D eigenvalue weighted by Crippen LogP contribution is 2.33. The van der Waals surface area contributed by atoms with E-state index in [2.05, 4.69) is 17.4 Å². The molecule has 0 aliphatic carbocycles. The highest BCUT2D eigenvalue weighted by molar-refractivity contribution is 5.93. The van der Waals surface area contributed by atoms with Crippen LogP contribution in [0.25, 0.3) is 0 Å². The van der Waals surface area contributed by atoms with Crippen LogP contribution in [-0.2, 0) is 6.42 Å². The highest BCUT2D eigenvalue weighted by Gasteiger charge is 2.21. The summed E-state index contributed by atoms with van der Waals surface area (Å²) in [6.45, 7) is 0. The van der Waals surface area contributed by atoms with Gasteiger partial charge in [-0.3, -0.25) is 4.79 Å². The molecule has 0 spiro atoms. The summed E-state index contributed by atoms with van der Waals surface area (Å²) in [4.78, 5) is 11.2. The first-order valence-electron chi connectivity index (χ1n) is 5.98. The molecule has 0 saturated heterocycles. The van der Waals surface area contributed by atoms with Gasteiger partial charge in [0.05, 0.1) is 6.04 Å². The maximum Gasteiger partial charge on any atom is 0.248 e. The van der Waals surface area contributed by atoms with E-state index in [-0.39, 0.29) is 11.9 Å². The number of carbonyl (C=O) groups excluding carboxylic acids is 1. The number of hydrogen-bond acceptors (Lipinski definition) is 2. The summed E-state index contributed by atoms with van der Waals surface area (Å²) >= 11 is 0. The number of nitrogens with one attached hydrogen (secondary N) is 1. The monoisotopic (exact) mass is 238 g/mol. The van der Waals surface area contributed by atoms with Gasteiger partial charge in [0.15, 0.2) is 0 Å². The van der Waals surface area contributed by atoms with Gasteiger partial charge in [-0.25, -0.2) is 0 Å². The zero-order valence-corrected chi connectivity index (χ0v) is 9.89. The Morgan fingerprint density at radius 3 is 2.78 bits per heavy atom. The molecule has 2 aromatic carbocycles. The van der Waals surface area contributed by atoms with Crippen LogP contribution in [0, 0.1) is 0 Å². The van der Waals surface area contributed by atoms with Crippen LogP contribution in [0.2, 0.25) is 0 Å². The van der Waals surface area contributed by atoms with Gasteiger partial charge in [-0.2, -0.15) is 0 Å². The fourth-order valence-corrected chi connectivity index (χ4v) is 2.41. The number of nitrogens with two attached hydrogens (primary N) is 1. The van der Waals surface area contributed by atoms with E-state index in [1.807, 2.05) is 30.3 Å². The maximum atomic E-state index is 11.2. The van der Waals surface area contributed by atoms with E-state index in [4.69, 9.17) is 5.73 Å². The summed E-state index contributed by atoms with van der Waals surface area (Å²) in [6, 6.07) is 16.0. The number of carbonyl (C=O) groups is 1. The van der Waals surface area contributed by atoms with Crippen molar-refractivity contribution in [2.24, 2.45) is 5.73 Å². The Bertz CT molecular complexity index is 582. The number of benzene rings is 2. The number of anilines is 1. The maximum absolute atomic E-state index is 11.2. The van der Waals surface area contributed by atoms with Gasteiger partial charge in [0.1, 0.15) is 0 Å². The number of amides is 1. The van der Waals surface area contributed by atoms with Gasteiger partial charge in [-0.15, -0.1) is 0 Å². The summed E-state index contributed by atoms with van der Waals surface area (Å²) in [5, 5.41) is 3.46. The molecule has 0 bridgehead atoms. The lowest BCUT2D eigenvalue weighted by Gasteiger charge is -2.12. The van der Waals surface area contributed by atoms with Gasteiger partial charge in [0, 0.05) is 11.3 Å². The Balaban J connectivity index is 1.90. The Kier molecular flexibility index (Phi) is 2.52. The molecule has 3 N–H and O–H groups in total. The molecule has 18 heavy (non-hydrogen) atoms. The Morgan fingerprint density at radius 2 is 2.00 bits per heavy atom. The molecule has 0 aromatic heterocycles. The van der Waals surface area contributed by atoms with E-state index >= 15 is 0 Å². The summed E-state index contributed by atoms with van der Waals surface area (Å²) in [6.07, 6.45) is 0.943. The topological polar surface area (TPSA) is 55.1 Å². The second-order valence-electron chi connectivity index (χ2n) is 4.55. The first kappa shape index (κ1) is 10.8. The number of primary amides is 1. The van der Waals surface area contributed by atoms with Crippen molar-refractivity contribution in [3.63, 3.8) is 0 Å². The molecule has 3 rings (SSSR count). The van der Waals surface area contributed by atoms with Crippen LogP contribution in [0.5, 0.6) is 0 Å². The third kappa shape index (κ3) is 1.84. The molecule has 1 aliphatic heterocycles. The van der Waals surface area contributed by atoms with Gasteiger partial charge < -0.3 is 11.1 Å². The third-order valence-corrected chi connectivity index (χ3v) is 3.34. The van der Waals surface area contributed by atoms with Crippen LogP contribution in [0.4, 0.5) is 5.69 Å². The van der Waals surface area contributed by atoms with E-state index < -0.39 is 0 Å². The van der Waals surface area contributed by atoms with Crippen LogP contribution >= 0.6 is 0 Å². The van der Waals surface area contributed by atoms with E-state index in [1.54, 1.807) is 6.07 Å². The van der Waals surface area contributed by atoms with E-state index in [9.17, 15) is 4.79 Å². The summed E-state index contributed by atoms with van der Waals surface area (Å²) in [5.41, 5.74) is 9.45. The molecule has 90 valence electrons. The molecule has 1 aliphatic rings. The van der Waals surface area contributed by atoms with Gasteiger partial charge >= 0.3 is 0 Å². The summed E-state index contributed by atoms with van der Waals surface area (Å²) in [7, 11) is 0. The fraction of sp³-hybridized carbons (Fsp3) is 0.133. The number of para-hydroxylation sites is 1. The van der Waals surface area contributed by atoms with Crippen molar-refractivity contribution in [3.05, 3.63) is 65.2 Å². The Morgan fingerprint density at radius 1 is 1.17 bits per heavy atom. The lowest BCUT2D eigenvalue weighted by atomic mass is 10.0. The van der Waals surface area contributed by atoms with Crippen molar-refractivity contribution in [3.8, 4) is 0 Å². The quantitative estimate of drug-likeness (QED) is 0.844. The molecule has 3 heteroatoms. The van der Waals surface area contributed by atoms with Crippen LogP contribution in [0.15, 0.2) is 48.5 Å². The second-order valence-corrected chi connectivity index (χ2v) is 4.55. The lowest BCUT2D eigenvalue weighted by Crippen LogP contribution is -2.12. The first-order chi connectivity index (χ1) is 8.74. The zero-order chi connectivity index (χ0) is 12.5. The molecular weight excluding hydrogens is 224 g/mol. The van der Waals surface area contributed by atoms with Crippen LogP contribution in [-0.4, -0.2) is 5.91 Å². The minimum atomic E-state index is -0.382. The molecule has 0 radical (unpaired) electrons. The van der Waals surface area contributed by atoms with Crippen molar-refractivity contribution < 1.29 is 4.79 Å². The van der Waals surface area contributed by atoms with Crippen LogP contribution in [0.1, 0.15) is 27.5 Å². The Hall–Kier alpha value is -2.29. The predicted molar refractivity (Wildman–Crippen MR) is 71.5 cm³/mol. The number of hydrogen-bond donors (Lipinski definition) is 2. The summed E-state index contributed by atoms with van der Waals surface area (Å²) < 4.78 is 0. The van der Waals surface area contributed by atoms with Crippen LogP contribution in [0.3, 0.4) is 0 Å². The smallest absolute Gasteiger partial charge is 0.248 e. The van der Waals surface area contributed by atoms with Crippen molar-refractivity contribution in [1.29, 1.82) is 0 Å². The minimum absolute atomic E-state index is 0.224. The largest absolute Gasteiger partial charge is 0.378 e. The fourth-order valence-electron chi connectivity index (χ4n) is 2.41. The second kappa shape index (κ2) is 4.18. The molecule has 1 atom stereocenters. The first-order valence-corrected chi connectivity index (χ1v) is 5.98. The van der Waals surface area contributed by atoms with E-state index in [0.717, 1.165) is 12.0 Å². The average Bonchev–Trinajstić information content (AvgIpc) is 2.82. The lowest BCUT2D eigenvalue weighted by molar-refractivity contribution is 0.1000. The molecule has 0 unspecified atom stereocenters. The molecule has 0 fully saturated rings. The molecule has 1 heterocycles. The normalized spacial score (nSPS) is 17.0. The average molecular weight is 238 g/mol. The van der Waals surface area contributed by atoms with Gasteiger partial charge in [-0.05, 0) is 35.7 Å². The van der Waals surface area contributed by atoms with Crippen LogP contribution < -0.4 is 11.1 Å². The summed E-state index contributed by atoms with van der Waals surface area (Å²) in [5.74, 6) is -0.382. The molecule has 2 aromatic rings. The minimum Gasteiger partial charge on any atom is -0.378 e. The number of rotatable bonds is 2. The molecule has 1 amide bonds. The van der Waals surface area contributed by atoms with Crippen molar-refractivity contribution in [2.45, 2.75) is 12.5 Å². The molecule has 0 saturated carbocycles. The van der Waals surface area contributed by atoms with Gasteiger partial charge in [0.25, 0.3) is 0 Å². The SMILES string of the molecule is NC(=O)c1cccc([C@@H]2Cc3ccccc3N2)c1. The van der Waals surface area contributed by atoms with Gasteiger partial charge in [-0.1, -0.05) is 30.3 Å². The number of fused-ring (bicyclic) bond motifs is 1. The third-order valence-electron chi connectivity index (χ3n) is 3.34. The molecular formula is C15H14N2O. The van der Waals surface area contributed by atoms with E-state index in [1.165, 1.54) is 11.3 Å². The Labute approximate surface area is 106 Å². The van der Waals surface area contributed by atoms with E-state index in [0.29, 0.717) is 5.56 Å². The van der Waals surface area contributed by atoms with Crippen molar-refractivity contribution in [1.82, 2.24) is 0 Å². The predicted octanol–water partition coefficient (Wildman–Crippen LogP) is 2.49. The highest BCUT2D eigenvalue weighted by atomic mass is 16.1. The van der Waals surface area contributed by atoms with Crippen molar-refractivity contribution in [2.75, 3.05) is 5.32 Å². The van der Waals surface area contributed by atoms with Gasteiger partial charge in [0.2, 0.25) is 5.91 Å². The zero-order valence-electron chi connectivity index (χ0n) is 9.89. The molecule has 3 nitrogen and oxygen atoms in total.